The summed E-state index contributed by atoms with van der Waals surface area (Å²) in [5, 5.41) is 10.3. The maximum atomic E-state index is 12.6. The van der Waals surface area contributed by atoms with E-state index in [4.69, 9.17) is 0 Å². The highest BCUT2D eigenvalue weighted by molar-refractivity contribution is 5.26. The first-order valence-corrected chi connectivity index (χ1v) is 8.40. The molecule has 0 heterocycles. The van der Waals surface area contributed by atoms with Crippen molar-refractivity contribution in [1.82, 2.24) is 4.90 Å². The molecule has 0 amide bonds. The average Bonchev–Trinajstić information content (AvgIpc) is 2.58. The third-order valence-corrected chi connectivity index (χ3v) is 4.27. The first kappa shape index (κ1) is 19.5. The molecule has 136 valence electrons. The molecule has 2 aromatic carbocycles. The Morgan fingerprint density at radius 1 is 0.960 bits per heavy atom. The van der Waals surface area contributed by atoms with Crippen LogP contribution in [0.15, 0.2) is 54.6 Å². The summed E-state index contributed by atoms with van der Waals surface area (Å²) in [4.78, 5) is 2.24. The Bertz CT molecular complexity index is 638. The Morgan fingerprint density at radius 2 is 1.56 bits per heavy atom. The van der Waals surface area contributed by atoms with Crippen molar-refractivity contribution in [3.05, 3.63) is 71.3 Å². The molecule has 5 heteroatoms. The zero-order chi connectivity index (χ0) is 18.4. The molecule has 0 saturated carbocycles. The van der Waals surface area contributed by atoms with Crippen LogP contribution >= 0.6 is 0 Å². The summed E-state index contributed by atoms with van der Waals surface area (Å²) >= 11 is 0. The number of aliphatic hydroxyl groups is 1. The summed E-state index contributed by atoms with van der Waals surface area (Å²) in [6, 6.07) is 15.1. The Kier molecular flexibility index (Phi) is 6.62. The second-order valence-corrected chi connectivity index (χ2v) is 6.47. The van der Waals surface area contributed by atoms with Gasteiger partial charge in [-0.15, -0.1) is 0 Å². The van der Waals surface area contributed by atoms with Gasteiger partial charge in [0.05, 0.1) is 11.7 Å². The van der Waals surface area contributed by atoms with Gasteiger partial charge in [0.15, 0.2) is 0 Å². The molecule has 2 nitrogen and oxygen atoms in total. The van der Waals surface area contributed by atoms with Crippen molar-refractivity contribution < 1.29 is 18.3 Å². The van der Waals surface area contributed by atoms with Gasteiger partial charge in [0.2, 0.25) is 0 Å². The van der Waals surface area contributed by atoms with Crippen LogP contribution in [0.1, 0.15) is 43.1 Å². The molecule has 1 atom stereocenters. The van der Waals surface area contributed by atoms with Gasteiger partial charge in [-0.2, -0.15) is 13.2 Å². The molecule has 1 unspecified atom stereocenters. The predicted octanol–water partition coefficient (Wildman–Crippen LogP) is 5.04. The van der Waals surface area contributed by atoms with Gasteiger partial charge in [-0.25, -0.2) is 0 Å². The third-order valence-electron chi connectivity index (χ3n) is 4.27. The number of aliphatic hydroxyl groups excluding tert-OH is 1. The average molecular weight is 351 g/mol. The fourth-order valence-corrected chi connectivity index (χ4v) is 2.69. The zero-order valence-electron chi connectivity index (χ0n) is 14.5. The van der Waals surface area contributed by atoms with Crippen molar-refractivity contribution in [2.75, 3.05) is 6.54 Å². The Hall–Kier alpha value is -1.85. The van der Waals surface area contributed by atoms with Crippen LogP contribution in [-0.4, -0.2) is 22.6 Å². The first-order chi connectivity index (χ1) is 11.8. The van der Waals surface area contributed by atoms with Crippen LogP contribution in [0, 0.1) is 0 Å². The van der Waals surface area contributed by atoms with Crippen LogP contribution in [0.4, 0.5) is 13.2 Å². The van der Waals surface area contributed by atoms with Gasteiger partial charge < -0.3 is 5.11 Å². The van der Waals surface area contributed by atoms with Crippen LogP contribution < -0.4 is 0 Å². The second kappa shape index (κ2) is 8.50. The minimum absolute atomic E-state index is 0.306. The van der Waals surface area contributed by atoms with Gasteiger partial charge in [-0.1, -0.05) is 42.5 Å². The van der Waals surface area contributed by atoms with Crippen molar-refractivity contribution in [2.45, 2.75) is 45.1 Å². The van der Waals surface area contributed by atoms with E-state index in [9.17, 15) is 18.3 Å². The third kappa shape index (κ3) is 5.87. The number of nitrogens with zero attached hydrogens (tertiary/aromatic N) is 1. The molecule has 0 aliphatic heterocycles. The maximum absolute atomic E-state index is 12.6. The molecule has 25 heavy (non-hydrogen) atoms. The molecule has 0 bridgehead atoms. The number of hydrogen-bond donors (Lipinski definition) is 1. The molecule has 0 spiro atoms. The normalized spacial score (nSPS) is 13.4. The van der Waals surface area contributed by atoms with Gasteiger partial charge in [-0.3, -0.25) is 4.90 Å². The van der Waals surface area contributed by atoms with Crippen LogP contribution in [0.25, 0.3) is 0 Å². The van der Waals surface area contributed by atoms with E-state index in [0.29, 0.717) is 24.6 Å². The van der Waals surface area contributed by atoms with E-state index in [-0.39, 0.29) is 0 Å². The van der Waals surface area contributed by atoms with Gasteiger partial charge >= 0.3 is 6.18 Å². The lowest BCUT2D eigenvalue weighted by Gasteiger charge is -2.27. The summed E-state index contributed by atoms with van der Waals surface area (Å²) in [5.41, 5.74) is 1.01. The lowest BCUT2D eigenvalue weighted by atomic mass is 10.0. The van der Waals surface area contributed by atoms with Gasteiger partial charge in [-0.05, 0) is 43.5 Å². The molecule has 0 fully saturated rings. The van der Waals surface area contributed by atoms with Gasteiger partial charge in [0.1, 0.15) is 0 Å². The summed E-state index contributed by atoms with van der Waals surface area (Å²) in [6.45, 7) is 5.62. The van der Waals surface area contributed by atoms with E-state index in [1.807, 2.05) is 18.2 Å². The highest BCUT2D eigenvalue weighted by atomic mass is 19.4. The minimum atomic E-state index is -4.35. The molecule has 1 N–H and O–H groups in total. The molecule has 0 aliphatic rings. The van der Waals surface area contributed by atoms with E-state index >= 15 is 0 Å². The van der Waals surface area contributed by atoms with Crippen LogP contribution in [-0.2, 0) is 12.7 Å². The highest BCUT2D eigenvalue weighted by Gasteiger charge is 2.30. The van der Waals surface area contributed by atoms with Gasteiger partial charge in [0.25, 0.3) is 0 Å². The van der Waals surface area contributed by atoms with Crippen LogP contribution in [0.2, 0.25) is 0 Å². The fourth-order valence-electron chi connectivity index (χ4n) is 2.69. The second-order valence-electron chi connectivity index (χ2n) is 6.47. The van der Waals surface area contributed by atoms with E-state index < -0.39 is 17.8 Å². The smallest absolute Gasteiger partial charge is 0.388 e. The number of hydrogen-bond acceptors (Lipinski definition) is 2. The van der Waals surface area contributed by atoms with Crippen LogP contribution in [0.3, 0.4) is 0 Å². The molecule has 2 aromatic rings. The minimum Gasteiger partial charge on any atom is -0.388 e. The van der Waals surface area contributed by atoms with E-state index in [2.05, 4.69) is 30.9 Å². The molecule has 2 rings (SSSR count). The summed E-state index contributed by atoms with van der Waals surface area (Å²) < 4.78 is 37.8. The van der Waals surface area contributed by atoms with Crippen molar-refractivity contribution >= 4 is 0 Å². The lowest BCUT2D eigenvalue weighted by molar-refractivity contribution is -0.137. The Labute approximate surface area is 146 Å². The highest BCUT2D eigenvalue weighted by Crippen LogP contribution is 2.30. The van der Waals surface area contributed by atoms with Crippen molar-refractivity contribution in [3.8, 4) is 0 Å². The number of benzene rings is 2. The van der Waals surface area contributed by atoms with E-state index in [1.54, 1.807) is 0 Å². The number of halogens is 3. The predicted molar refractivity (Wildman–Crippen MR) is 93.0 cm³/mol. The fraction of sp³-hybridized carbons (Fsp3) is 0.400. The van der Waals surface area contributed by atoms with E-state index in [1.165, 1.54) is 17.7 Å². The molecular formula is C20H24F3NO. The van der Waals surface area contributed by atoms with Gasteiger partial charge in [0, 0.05) is 19.1 Å². The van der Waals surface area contributed by atoms with Crippen LogP contribution in [0.5, 0.6) is 0 Å². The monoisotopic (exact) mass is 351 g/mol. The van der Waals surface area contributed by atoms with Crippen molar-refractivity contribution in [3.63, 3.8) is 0 Å². The quantitative estimate of drug-likeness (QED) is 0.755. The van der Waals surface area contributed by atoms with E-state index in [0.717, 1.165) is 18.7 Å². The number of rotatable bonds is 7. The summed E-state index contributed by atoms with van der Waals surface area (Å²) in [5.74, 6) is 0. The topological polar surface area (TPSA) is 23.5 Å². The summed E-state index contributed by atoms with van der Waals surface area (Å²) in [7, 11) is 0. The standard InChI is InChI=1S/C20H24F3NO/c1-15(2)24(14-16-6-4-3-5-7-16)13-12-19(25)17-8-10-18(11-9-17)20(21,22)23/h3-11,15,19,25H,12-14H2,1-2H3. The SMILES string of the molecule is CC(C)N(CCC(O)c1ccc(C(F)(F)F)cc1)Cc1ccccc1. The molecule has 0 aliphatic carbocycles. The molecule has 0 aromatic heterocycles. The lowest BCUT2D eigenvalue weighted by Crippen LogP contribution is -2.32. The Balaban J connectivity index is 1.95. The van der Waals surface area contributed by atoms with Crippen molar-refractivity contribution in [1.29, 1.82) is 0 Å². The molecular weight excluding hydrogens is 327 g/mol. The largest absolute Gasteiger partial charge is 0.416 e. The maximum Gasteiger partial charge on any atom is 0.416 e. The first-order valence-electron chi connectivity index (χ1n) is 8.40. The molecule has 0 saturated heterocycles. The molecule has 0 radical (unpaired) electrons. The zero-order valence-corrected chi connectivity index (χ0v) is 14.5. The van der Waals surface area contributed by atoms with Crippen molar-refractivity contribution in [2.24, 2.45) is 0 Å². The summed E-state index contributed by atoms with van der Waals surface area (Å²) in [6.07, 6.45) is -4.66. The number of alkyl halides is 3. The Morgan fingerprint density at radius 3 is 2.08 bits per heavy atom.